The van der Waals surface area contributed by atoms with Gasteiger partial charge in [0.25, 0.3) is 0 Å². The van der Waals surface area contributed by atoms with Gasteiger partial charge in [-0.25, -0.2) is 0 Å². The molecule has 0 aromatic rings. The lowest BCUT2D eigenvalue weighted by Crippen LogP contribution is -2.30. The first-order chi connectivity index (χ1) is 5.20. The molecule has 0 rings (SSSR count). The standard InChI is InChI=1S/C8H18ClNO/c1-3-4-5-10(2)7-8(11)6-9/h8,11H,3-7H2,1-2H3. The van der Waals surface area contributed by atoms with Crippen LogP contribution in [0.15, 0.2) is 0 Å². The molecule has 0 aliphatic carbocycles. The second kappa shape index (κ2) is 6.89. The van der Waals surface area contributed by atoms with Crippen molar-refractivity contribution < 1.29 is 5.11 Å². The second-order valence-corrected chi connectivity index (χ2v) is 3.23. The Bertz CT molecular complexity index is 90.2. The van der Waals surface area contributed by atoms with E-state index in [1.807, 2.05) is 7.05 Å². The Hall–Kier alpha value is 0.210. The summed E-state index contributed by atoms with van der Waals surface area (Å²) in [4.78, 5) is 2.11. The lowest BCUT2D eigenvalue weighted by molar-refractivity contribution is 0.143. The molecule has 0 radical (unpaired) electrons. The molecule has 0 fully saturated rings. The quantitative estimate of drug-likeness (QED) is 0.622. The van der Waals surface area contributed by atoms with Crippen LogP contribution in [0, 0.1) is 0 Å². The molecular formula is C8H18ClNO. The van der Waals surface area contributed by atoms with Crippen molar-refractivity contribution in [2.24, 2.45) is 0 Å². The molecule has 68 valence electrons. The first kappa shape index (κ1) is 11.2. The molecule has 2 nitrogen and oxygen atoms in total. The summed E-state index contributed by atoms with van der Waals surface area (Å²) >= 11 is 5.45. The van der Waals surface area contributed by atoms with Crippen LogP contribution in [-0.2, 0) is 0 Å². The highest BCUT2D eigenvalue weighted by molar-refractivity contribution is 6.18. The average molecular weight is 180 g/mol. The molecule has 0 saturated carbocycles. The van der Waals surface area contributed by atoms with Gasteiger partial charge in [0.2, 0.25) is 0 Å². The number of hydrogen-bond donors (Lipinski definition) is 1. The van der Waals surface area contributed by atoms with E-state index in [2.05, 4.69) is 11.8 Å². The Balaban J connectivity index is 3.27. The van der Waals surface area contributed by atoms with Crippen LogP contribution < -0.4 is 0 Å². The van der Waals surface area contributed by atoms with Crippen molar-refractivity contribution in [3.63, 3.8) is 0 Å². The molecule has 0 amide bonds. The molecule has 0 aromatic heterocycles. The van der Waals surface area contributed by atoms with Gasteiger partial charge in [0, 0.05) is 12.4 Å². The predicted octanol–water partition coefficient (Wildman–Crippen LogP) is 1.32. The third-order valence-corrected chi connectivity index (χ3v) is 1.95. The summed E-state index contributed by atoms with van der Waals surface area (Å²) in [6.45, 7) is 3.89. The highest BCUT2D eigenvalue weighted by atomic mass is 35.5. The summed E-state index contributed by atoms with van der Waals surface area (Å²) in [5.41, 5.74) is 0. The molecule has 11 heavy (non-hydrogen) atoms. The number of hydrogen-bond acceptors (Lipinski definition) is 2. The van der Waals surface area contributed by atoms with E-state index in [-0.39, 0.29) is 6.10 Å². The van der Waals surface area contributed by atoms with Crippen molar-refractivity contribution in [2.75, 3.05) is 26.0 Å². The summed E-state index contributed by atoms with van der Waals surface area (Å²) < 4.78 is 0. The molecule has 0 aromatic carbocycles. The van der Waals surface area contributed by atoms with Gasteiger partial charge in [-0.2, -0.15) is 0 Å². The molecule has 1 atom stereocenters. The van der Waals surface area contributed by atoms with Crippen LogP contribution in [0.5, 0.6) is 0 Å². The monoisotopic (exact) mass is 179 g/mol. The van der Waals surface area contributed by atoms with Crippen LogP contribution in [0.25, 0.3) is 0 Å². The first-order valence-corrected chi connectivity index (χ1v) is 4.66. The normalized spacial score (nSPS) is 13.9. The smallest absolute Gasteiger partial charge is 0.0802 e. The lowest BCUT2D eigenvalue weighted by Gasteiger charge is -2.18. The molecule has 0 saturated heterocycles. The van der Waals surface area contributed by atoms with E-state index in [1.165, 1.54) is 12.8 Å². The van der Waals surface area contributed by atoms with Crippen LogP contribution in [0.4, 0.5) is 0 Å². The Kier molecular flexibility index (Phi) is 7.02. The molecule has 0 aliphatic heterocycles. The molecule has 3 heteroatoms. The van der Waals surface area contributed by atoms with E-state index in [0.29, 0.717) is 12.4 Å². The zero-order valence-corrected chi connectivity index (χ0v) is 8.14. The first-order valence-electron chi connectivity index (χ1n) is 4.13. The molecule has 0 spiro atoms. The molecule has 0 heterocycles. The fraction of sp³-hybridized carbons (Fsp3) is 1.00. The van der Waals surface area contributed by atoms with E-state index in [0.717, 1.165) is 6.54 Å². The van der Waals surface area contributed by atoms with Crippen LogP contribution >= 0.6 is 11.6 Å². The number of aliphatic hydroxyl groups is 1. The minimum atomic E-state index is -0.376. The topological polar surface area (TPSA) is 23.5 Å². The summed E-state index contributed by atoms with van der Waals surface area (Å²) in [6.07, 6.45) is 2.01. The van der Waals surface area contributed by atoms with Crippen molar-refractivity contribution >= 4 is 11.6 Å². The summed E-state index contributed by atoms with van der Waals surface area (Å²) in [5.74, 6) is 0.330. The van der Waals surface area contributed by atoms with Crippen molar-refractivity contribution in [2.45, 2.75) is 25.9 Å². The summed E-state index contributed by atoms with van der Waals surface area (Å²) in [6, 6.07) is 0. The Labute approximate surface area is 74.2 Å². The molecular weight excluding hydrogens is 162 g/mol. The van der Waals surface area contributed by atoms with Crippen LogP contribution in [0.2, 0.25) is 0 Å². The van der Waals surface area contributed by atoms with E-state index >= 15 is 0 Å². The Morgan fingerprint density at radius 3 is 2.64 bits per heavy atom. The van der Waals surface area contributed by atoms with Gasteiger partial charge in [-0.3, -0.25) is 0 Å². The van der Waals surface area contributed by atoms with Gasteiger partial charge in [-0.05, 0) is 20.0 Å². The predicted molar refractivity (Wildman–Crippen MR) is 49.1 cm³/mol. The van der Waals surface area contributed by atoms with Gasteiger partial charge in [0.15, 0.2) is 0 Å². The number of aliphatic hydroxyl groups excluding tert-OH is 1. The highest BCUT2D eigenvalue weighted by Gasteiger charge is 2.04. The largest absolute Gasteiger partial charge is 0.391 e. The van der Waals surface area contributed by atoms with Crippen LogP contribution in [-0.4, -0.2) is 42.1 Å². The van der Waals surface area contributed by atoms with Gasteiger partial charge in [0.05, 0.1) is 6.10 Å². The average Bonchev–Trinajstić information content (AvgIpc) is 2.00. The maximum atomic E-state index is 9.15. The van der Waals surface area contributed by atoms with Gasteiger partial charge in [-0.1, -0.05) is 13.3 Å². The summed E-state index contributed by atoms with van der Waals surface area (Å²) in [7, 11) is 2.01. The fourth-order valence-corrected chi connectivity index (χ4v) is 1.03. The zero-order chi connectivity index (χ0) is 8.69. The van der Waals surface area contributed by atoms with Crippen LogP contribution in [0.3, 0.4) is 0 Å². The number of rotatable bonds is 6. The number of alkyl halides is 1. The van der Waals surface area contributed by atoms with E-state index in [9.17, 15) is 0 Å². The number of nitrogens with zero attached hydrogens (tertiary/aromatic N) is 1. The maximum absolute atomic E-state index is 9.15. The molecule has 0 bridgehead atoms. The third-order valence-electron chi connectivity index (χ3n) is 1.59. The van der Waals surface area contributed by atoms with Gasteiger partial charge in [0.1, 0.15) is 0 Å². The lowest BCUT2D eigenvalue weighted by atomic mass is 10.3. The van der Waals surface area contributed by atoms with E-state index < -0.39 is 0 Å². The van der Waals surface area contributed by atoms with Crippen molar-refractivity contribution in [3.05, 3.63) is 0 Å². The minimum absolute atomic E-state index is 0.330. The minimum Gasteiger partial charge on any atom is -0.391 e. The maximum Gasteiger partial charge on any atom is 0.0802 e. The Morgan fingerprint density at radius 1 is 1.55 bits per heavy atom. The summed E-state index contributed by atoms with van der Waals surface area (Å²) in [5, 5.41) is 9.15. The van der Waals surface area contributed by atoms with Gasteiger partial charge < -0.3 is 10.0 Å². The molecule has 1 unspecified atom stereocenters. The van der Waals surface area contributed by atoms with E-state index in [1.54, 1.807) is 0 Å². The highest BCUT2D eigenvalue weighted by Crippen LogP contribution is 1.95. The molecule has 0 aliphatic rings. The third kappa shape index (κ3) is 6.60. The molecule has 1 N–H and O–H groups in total. The second-order valence-electron chi connectivity index (χ2n) is 2.92. The fourth-order valence-electron chi connectivity index (χ4n) is 0.928. The van der Waals surface area contributed by atoms with Gasteiger partial charge >= 0.3 is 0 Å². The number of unbranched alkanes of at least 4 members (excludes halogenated alkanes) is 1. The van der Waals surface area contributed by atoms with E-state index in [4.69, 9.17) is 16.7 Å². The Morgan fingerprint density at radius 2 is 2.18 bits per heavy atom. The van der Waals surface area contributed by atoms with Crippen molar-refractivity contribution in [1.29, 1.82) is 0 Å². The van der Waals surface area contributed by atoms with Gasteiger partial charge in [-0.15, -0.1) is 11.6 Å². The number of halogens is 1. The SMILES string of the molecule is CCCCN(C)CC(O)CCl. The van der Waals surface area contributed by atoms with Crippen molar-refractivity contribution in [1.82, 2.24) is 4.90 Å². The number of likely N-dealkylation sites (N-methyl/N-ethyl adjacent to an activating group) is 1. The zero-order valence-electron chi connectivity index (χ0n) is 7.39. The van der Waals surface area contributed by atoms with Crippen molar-refractivity contribution in [3.8, 4) is 0 Å². The van der Waals surface area contributed by atoms with Crippen LogP contribution in [0.1, 0.15) is 19.8 Å².